The van der Waals surface area contributed by atoms with Crippen LogP contribution < -0.4 is 10.2 Å². The first-order chi connectivity index (χ1) is 11.9. The number of benzene rings is 1. The lowest BCUT2D eigenvalue weighted by molar-refractivity contribution is -0.917. The van der Waals surface area contributed by atoms with Crippen molar-refractivity contribution < 1.29 is 24.0 Å². The lowest BCUT2D eigenvalue weighted by atomic mass is 10.1. The number of amides is 2. The van der Waals surface area contributed by atoms with Crippen LogP contribution in [-0.4, -0.2) is 61.5 Å². The Hall–Kier alpha value is -2.41. The van der Waals surface area contributed by atoms with Crippen LogP contribution in [0.25, 0.3) is 0 Å². The first-order valence-electron chi connectivity index (χ1n) is 8.60. The summed E-state index contributed by atoms with van der Waals surface area (Å²) in [6.45, 7) is 8.06. The van der Waals surface area contributed by atoms with Gasteiger partial charge < -0.3 is 15.0 Å². The molecule has 0 saturated carbocycles. The molecule has 1 aromatic rings. The normalized spacial score (nSPS) is 16.2. The summed E-state index contributed by atoms with van der Waals surface area (Å²) in [6, 6.07) is 6.68. The number of Topliss-reactive ketones (excluding diaryl/α,β-unsaturated/α-hetero) is 1. The molecule has 136 valence electrons. The van der Waals surface area contributed by atoms with Crippen LogP contribution in [0.2, 0.25) is 0 Å². The summed E-state index contributed by atoms with van der Waals surface area (Å²) >= 11 is 0. The lowest BCUT2D eigenvalue weighted by Gasteiger charge is -2.34. The second kappa shape index (κ2) is 8.62. The maximum absolute atomic E-state index is 12.5. The topological polar surface area (TPSA) is 80.2 Å². The fourth-order valence-electron chi connectivity index (χ4n) is 2.88. The third-order valence-electron chi connectivity index (χ3n) is 4.47. The molecular weight excluding hydrogens is 322 g/mol. The van der Waals surface area contributed by atoms with Crippen LogP contribution >= 0.6 is 0 Å². The number of hydrogen-bond donors (Lipinski definition) is 2. The summed E-state index contributed by atoms with van der Waals surface area (Å²) in [5.74, 6) is -0.134. The molecule has 1 atom stereocenters. The Morgan fingerprint density at radius 2 is 1.96 bits per heavy atom. The van der Waals surface area contributed by atoms with Gasteiger partial charge in [0, 0.05) is 11.3 Å². The van der Waals surface area contributed by atoms with Gasteiger partial charge in [0.1, 0.15) is 0 Å². The molecule has 7 nitrogen and oxygen atoms in total. The van der Waals surface area contributed by atoms with Crippen LogP contribution in [-0.2, 0) is 9.53 Å². The number of nitrogens with zero attached hydrogens (tertiary/aromatic N) is 1. The minimum absolute atomic E-state index is 0.0372. The zero-order valence-electron chi connectivity index (χ0n) is 15.0. The summed E-state index contributed by atoms with van der Waals surface area (Å²) in [4.78, 5) is 38.5. The van der Waals surface area contributed by atoms with Crippen molar-refractivity contribution in [1.82, 2.24) is 4.90 Å². The van der Waals surface area contributed by atoms with E-state index in [4.69, 9.17) is 4.74 Å². The van der Waals surface area contributed by atoms with Crippen molar-refractivity contribution in [3.63, 3.8) is 0 Å². The molecule has 25 heavy (non-hydrogen) atoms. The van der Waals surface area contributed by atoms with E-state index in [1.165, 1.54) is 6.92 Å². The van der Waals surface area contributed by atoms with Gasteiger partial charge in [-0.05, 0) is 32.9 Å². The molecule has 0 unspecified atom stereocenters. The first-order valence-corrected chi connectivity index (χ1v) is 8.60. The van der Waals surface area contributed by atoms with E-state index in [2.05, 4.69) is 5.32 Å². The van der Waals surface area contributed by atoms with Crippen molar-refractivity contribution in [3.05, 3.63) is 29.8 Å². The van der Waals surface area contributed by atoms with Gasteiger partial charge in [0.2, 0.25) is 0 Å². The maximum atomic E-state index is 12.5. The molecule has 0 aliphatic carbocycles. The van der Waals surface area contributed by atoms with Crippen molar-refractivity contribution >= 4 is 23.5 Å². The molecule has 1 fully saturated rings. The number of ketones is 1. The zero-order valence-corrected chi connectivity index (χ0v) is 15.0. The molecular formula is C18H26N3O4+. The third kappa shape index (κ3) is 5.03. The van der Waals surface area contributed by atoms with E-state index in [1.807, 2.05) is 6.92 Å². The number of ether oxygens (including phenoxy) is 1. The monoisotopic (exact) mass is 348 g/mol. The molecule has 0 aromatic heterocycles. The van der Waals surface area contributed by atoms with Gasteiger partial charge >= 0.3 is 6.09 Å². The number of hydrogen-bond acceptors (Lipinski definition) is 4. The van der Waals surface area contributed by atoms with Gasteiger partial charge in [0.15, 0.2) is 11.8 Å². The Morgan fingerprint density at radius 1 is 1.28 bits per heavy atom. The molecule has 2 amide bonds. The van der Waals surface area contributed by atoms with E-state index in [1.54, 1.807) is 36.1 Å². The molecule has 0 bridgehead atoms. The van der Waals surface area contributed by atoms with E-state index in [9.17, 15) is 14.4 Å². The van der Waals surface area contributed by atoms with Gasteiger partial charge in [-0.25, -0.2) is 4.79 Å². The highest BCUT2D eigenvalue weighted by Crippen LogP contribution is 2.11. The highest BCUT2D eigenvalue weighted by Gasteiger charge is 2.31. The van der Waals surface area contributed by atoms with Gasteiger partial charge in [0.05, 0.1) is 32.8 Å². The van der Waals surface area contributed by atoms with Crippen LogP contribution in [0.15, 0.2) is 24.3 Å². The summed E-state index contributed by atoms with van der Waals surface area (Å²) in [5, 5.41) is 2.87. The highest BCUT2D eigenvalue weighted by molar-refractivity contribution is 5.97. The minimum atomic E-state index is -0.292. The van der Waals surface area contributed by atoms with E-state index < -0.39 is 0 Å². The Balaban J connectivity index is 1.89. The van der Waals surface area contributed by atoms with Crippen LogP contribution in [0, 0.1) is 0 Å². The molecule has 1 aliphatic heterocycles. The Labute approximate surface area is 147 Å². The van der Waals surface area contributed by atoms with Crippen LogP contribution in [0.1, 0.15) is 31.1 Å². The lowest BCUT2D eigenvalue weighted by Crippen LogP contribution is -3.19. The molecule has 0 spiro atoms. The van der Waals surface area contributed by atoms with Crippen LogP contribution in [0.3, 0.4) is 0 Å². The van der Waals surface area contributed by atoms with Crippen LogP contribution in [0.5, 0.6) is 0 Å². The summed E-state index contributed by atoms with van der Waals surface area (Å²) in [7, 11) is 0. The molecule has 0 radical (unpaired) electrons. The van der Waals surface area contributed by atoms with Gasteiger partial charge in [0.25, 0.3) is 5.91 Å². The van der Waals surface area contributed by atoms with E-state index in [0.717, 1.165) is 4.90 Å². The number of carbonyl (C=O) groups excluding carboxylic acids is 3. The number of carbonyl (C=O) groups is 3. The van der Waals surface area contributed by atoms with Crippen molar-refractivity contribution in [1.29, 1.82) is 0 Å². The number of piperazine rings is 1. The molecule has 1 aromatic carbocycles. The van der Waals surface area contributed by atoms with Crippen molar-refractivity contribution in [3.8, 4) is 0 Å². The Kier molecular flexibility index (Phi) is 6.52. The van der Waals surface area contributed by atoms with Crippen molar-refractivity contribution in [2.75, 3.05) is 38.1 Å². The van der Waals surface area contributed by atoms with E-state index >= 15 is 0 Å². The molecule has 1 aliphatic rings. The second-order valence-corrected chi connectivity index (χ2v) is 6.19. The summed E-state index contributed by atoms with van der Waals surface area (Å²) < 4.78 is 5.00. The number of quaternary nitrogens is 1. The Morgan fingerprint density at radius 3 is 2.56 bits per heavy atom. The smallest absolute Gasteiger partial charge is 0.410 e. The number of nitrogens with one attached hydrogen (secondary N) is 2. The summed E-state index contributed by atoms with van der Waals surface area (Å²) in [5.41, 5.74) is 1.19. The molecule has 1 saturated heterocycles. The average Bonchev–Trinajstić information content (AvgIpc) is 2.61. The fraction of sp³-hybridized carbons (Fsp3) is 0.500. The van der Waals surface area contributed by atoms with E-state index in [0.29, 0.717) is 44.0 Å². The predicted octanol–water partition coefficient (Wildman–Crippen LogP) is 0.573. The molecule has 2 N–H and O–H groups in total. The molecule has 1 heterocycles. The second-order valence-electron chi connectivity index (χ2n) is 6.19. The number of anilines is 1. The fourth-order valence-corrected chi connectivity index (χ4v) is 2.88. The Bertz CT molecular complexity index is 639. The van der Waals surface area contributed by atoms with Crippen molar-refractivity contribution in [2.45, 2.75) is 26.8 Å². The maximum Gasteiger partial charge on any atom is 0.410 e. The quantitative estimate of drug-likeness (QED) is 0.763. The van der Waals surface area contributed by atoms with Crippen molar-refractivity contribution in [2.24, 2.45) is 0 Å². The standard InChI is InChI=1S/C18H25N3O4/c1-4-25-18(24)21-10-8-20(9-11-21)13(2)17(23)19-16-7-5-6-15(12-16)14(3)22/h5-7,12-13H,4,8-11H2,1-3H3,(H,19,23)/p+1/t13-/m1/s1. The van der Waals surface area contributed by atoms with Crippen LogP contribution in [0.4, 0.5) is 10.5 Å². The predicted molar refractivity (Wildman–Crippen MR) is 93.8 cm³/mol. The SMILES string of the molecule is CCOC(=O)N1CC[NH+]([C@H](C)C(=O)Nc2cccc(C(C)=O)c2)CC1. The molecule has 7 heteroatoms. The minimum Gasteiger partial charge on any atom is -0.450 e. The highest BCUT2D eigenvalue weighted by atomic mass is 16.6. The van der Waals surface area contributed by atoms with Gasteiger partial charge in [-0.1, -0.05) is 12.1 Å². The van der Waals surface area contributed by atoms with Gasteiger partial charge in [-0.3, -0.25) is 14.5 Å². The van der Waals surface area contributed by atoms with Gasteiger partial charge in [-0.2, -0.15) is 0 Å². The first kappa shape index (κ1) is 18.9. The van der Waals surface area contributed by atoms with Gasteiger partial charge in [-0.15, -0.1) is 0 Å². The number of rotatable bonds is 5. The van der Waals surface area contributed by atoms with E-state index in [-0.39, 0.29) is 23.8 Å². The zero-order chi connectivity index (χ0) is 18.4. The third-order valence-corrected chi connectivity index (χ3v) is 4.47. The largest absolute Gasteiger partial charge is 0.450 e. The summed E-state index contributed by atoms with van der Waals surface area (Å²) in [6.07, 6.45) is -0.292. The average molecular weight is 348 g/mol. The molecule has 2 rings (SSSR count).